The summed E-state index contributed by atoms with van der Waals surface area (Å²) in [5.74, 6) is 0.275. The third kappa shape index (κ3) is 1.70. The SMILES string of the molecule is CC(C)c1nn(C)c2ncc(B(O)O)cc12. The number of rotatable bonds is 2. The number of hydrogen-bond donors (Lipinski definition) is 2. The average Bonchev–Trinajstić information content (AvgIpc) is 2.56. The van der Waals surface area contributed by atoms with Crippen molar-refractivity contribution in [3.63, 3.8) is 0 Å². The summed E-state index contributed by atoms with van der Waals surface area (Å²) < 4.78 is 1.71. The lowest BCUT2D eigenvalue weighted by atomic mass is 9.81. The summed E-state index contributed by atoms with van der Waals surface area (Å²) in [7, 11) is 0.341. The fourth-order valence-electron chi connectivity index (χ4n) is 1.75. The van der Waals surface area contributed by atoms with Crippen molar-refractivity contribution in [2.45, 2.75) is 19.8 Å². The lowest BCUT2D eigenvalue weighted by Gasteiger charge is -2.01. The van der Waals surface area contributed by atoms with E-state index in [0.717, 1.165) is 16.7 Å². The number of aryl methyl sites for hydroxylation is 1. The van der Waals surface area contributed by atoms with E-state index < -0.39 is 7.12 Å². The minimum Gasteiger partial charge on any atom is -0.423 e. The van der Waals surface area contributed by atoms with Crippen LogP contribution in [-0.4, -0.2) is 31.9 Å². The third-order valence-electron chi connectivity index (χ3n) is 2.57. The van der Waals surface area contributed by atoms with Crippen LogP contribution in [0.5, 0.6) is 0 Å². The van der Waals surface area contributed by atoms with Gasteiger partial charge in [-0.3, -0.25) is 4.68 Å². The van der Waals surface area contributed by atoms with Gasteiger partial charge >= 0.3 is 7.12 Å². The van der Waals surface area contributed by atoms with Gasteiger partial charge in [-0.2, -0.15) is 5.10 Å². The largest absolute Gasteiger partial charge is 0.490 e. The topological polar surface area (TPSA) is 71.2 Å². The molecule has 2 rings (SSSR count). The van der Waals surface area contributed by atoms with Crippen molar-refractivity contribution in [2.75, 3.05) is 0 Å². The van der Waals surface area contributed by atoms with Gasteiger partial charge in [0.25, 0.3) is 0 Å². The second kappa shape index (κ2) is 3.88. The van der Waals surface area contributed by atoms with Gasteiger partial charge in [0.2, 0.25) is 0 Å². The molecule has 0 aliphatic rings. The highest BCUT2D eigenvalue weighted by molar-refractivity contribution is 6.58. The van der Waals surface area contributed by atoms with Crippen LogP contribution in [0.15, 0.2) is 12.3 Å². The summed E-state index contributed by atoms with van der Waals surface area (Å²) in [6, 6.07) is 1.73. The maximum Gasteiger partial charge on any atom is 0.490 e. The molecule has 0 amide bonds. The highest BCUT2D eigenvalue weighted by atomic mass is 16.4. The molecule has 0 atom stereocenters. The molecular weight excluding hydrogens is 205 g/mol. The van der Waals surface area contributed by atoms with Gasteiger partial charge in [0.1, 0.15) is 0 Å². The Morgan fingerprint density at radius 3 is 2.62 bits per heavy atom. The Balaban J connectivity index is 2.69. The van der Waals surface area contributed by atoms with E-state index >= 15 is 0 Å². The van der Waals surface area contributed by atoms with Crippen LogP contribution in [0.2, 0.25) is 0 Å². The van der Waals surface area contributed by atoms with Crippen LogP contribution in [0.1, 0.15) is 25.5 Å². The smallest absolute Gasteiger partial charge is 0.423 e. The molecule has 0 bridgehead atoms. The molecule has 0 aliphatic carbocycles. The first-order valence-corrected chi connectivity index (χ1v) is 5.19. The molecule has 0 aliphatic heterocycles. The van der Waals surface area contributed by atoms with Gasteiger partial charge in [-0.05, 0) is 12.0 Å². The van der Waals surface area contributed by atoms with E-state index in [2.05, 4.69) is 10.1 Å². The highest BCUT2D eigenvalue weighted by Gasteiger charge is 2.17. The number of hydrogen-bond acceptors (Lipinski definition) is 4. The molecule has 0 saturated heterocycles. The first kappa shape index (κ1) is 11.1. The first-order valence-electron chi connectivity index (χ1n) is 5.19. The molecule has 2 heterocycles. The van der Waals surface area contributed by atoms with Gasteiger partial charge in [-0.25, -0.2) is 4.98 Å². The molecule has 0 radical (unpaired) electrons. The molecule has 2 N–H and O–H groups in total. The highest BCUT2D eigenvalue weighted by Crippen LogP contribution is 2.21. The quantitative estimate of drug-likeness (QED) is 0.684. The number of fused-ring (bicyclic) bond motifs is 1. The van der Waals surface area contributed by atoms with E-state index in [9.17, 15) is 0 Å². The zero-order valence-corrected chi connectivity index (χ0v) is 9.55. The van der Waals surface area contributed by atoms with E-state index in [1.165, 1.54) is 6.20 Å². The van der Waals surface area contributed by atoms with E-state index in [1.54, 1.807) is 10.7 Å². The minimum absolute atomic E-state index is 0.275. The molecule has 84 valence electrons. The Hall–Kier alpha value is -1.40. The fraction of sp³-hybridized carbons (Fsp3) is 0.400. The van der Waals surface area contributed by atoms with Crippen molar-refractivity contribution < 1.29 is 10.0 Å². The third-order valence-corrected chi connectivity index (χ3v) is 2.57. The van der Waals surface area contributed by atoms with Crippen LogP contribution < -0.4 is 5.46 Å². The summed E-state index contributed by atoms with van der Waals surface area (Å²) in [5, 5.41) is 23.5. The van der Waals surface area contributed by atoms with Crippen molar-refractivity contribution in [2.24, 2.45) is 7.05 Å². The standard InChI is InChI=1S/C10H14BN3O2/c1-6(2)9-8-4-7(11(15)16)5-12-10(8)14(3)13-9/h4-6,15-16H,1-3H3. The molecular formula is C10H14BN3O2. The van der Waals surface area contributed by atoms with Crippen LogP contribution in [0.4, 0.5) is 0 Å². The van der Waals surface area contributed by atoms with E-state index in [4.69, 9.17) is 10.0 Å². The van der Waals surface area contributed by atoms with E-state index in [-0.39, 0.29) is 5.92 Å². The molecule has 5 nitrogen and oxygen atoms in total. The number of aromatic nitrogens is 3. The van der Waals surface area contributed by atoms with Gasteiger partial charge in [-0.15, -0.1) is 0 Å². The van der Waals surface area contributed by atoms with Gasteiger partial charge in [0, 0.05) is 24.1 Å². The van der Waals surface area contributed by atoms with Crippen molar-refractivity contribution in [3.05, 3.63) is 18.0 Å². The molecule has 0 aromatic carbocycles. The summed E-state index contributed by atoms with van der Waals surface area (Å²) >= 11 is 0. The van der Waals surface area contributed by atoms with Crippen molar-refractivity contribution >= 4 is 23.6 Å². The number of nitrogens with zero attached hydrogens (tertiary/aromatic N) is 3. The molecule has 0 unspecified atom stereocenters. The summed E-state index contributed by atoms with van der Waals surface area (Å²) in [6.45, 7) is 4.09. The van der Waals surface area contributed by atoms with Crippen molar-refractivity contribution in [1.29, 1.82) is 0 Å². The minimum atomic E-state index is -1.49. The maximum absolute atomic E-state index is 9.11. The summed E-state index contributed by atoms with van der Waals surface area (Å²) in [6.07, 6.45) is 1.46. The monoisotopic (exact) mass is 219 g/mol. The Bertz CT molecular complexity index is 522. The van der Waals surface area contributed by atoms with Crippen molar-refractivity contribution in [3.8, 4) is 0 Å². The fourth-order valence-corrected chi connectivity index (χ4v) is 1.75. The molecule has 0 saturated carbocycles. The van der Waals surface area contributed by atoms with Gasteiger partial charge in [0.15, 0.2) is 5.65 Å². The second-order valence-corrected chi connectivity index (χ2v) is 4.18. The summed E-state index contributed by atoms with van der Waals surface area (Å²) in [4.78, 5) is 4.19. The summed E-state index contributed by atoms with van der Waals surface area (Å²) in [5.41, 5.74) is 2.07. The maximum atomic E-state index is 9.11. The van der Waals surface area contributed by atoms with Crippen LogP contribution in [0, 0.1) is 0 Å². The molecule has 0 fully saturated rings. The van der Waals surface area contributed by atoms with Crippen LogP contribution in [-0.2, 0) is 7.05 Å². The van der Waals surface area contributed by atoms with Crippen LogP contribution >= 0.6 is 0 Å². The lowest BCUT2D eigenvalue weighted by molar-refractivity contribution is 0.425. The van der Waals surface area contributed by atoms with E-state index in [0.29, 0.717) is 5.46 Å². The molecule has 6 heteroatoms. The average molecular weight is 219 g/mol. The predicted octanol–water partition coefficient (Wildman–Crippen LogP) is -0.229. The zero-order chi connectivity index (χ0) is 11.9. The molecule has 16 heavy (non-hydrogen) atoms. The lowest BCUT2D eigenvalue weighted by Crippen LogP contribution is -2.30. The van der Waals surface area contributed by atoms with Crippen LogP contribution in [0.25, 0.3) is 11.0 Å². The normalized spacial score (nSPS) is 11.4. The second-order valence-electron chi connectivity index (χ2n) is 4.18. The van der Waals surface area contributed by atoms with Gasteiger partial charge in [0.05, 0.1) is 5.69 Å². The van der Waals surface area contributed by atoms with Crippen LogP contribution in [0.3, 0.4) is 0 Å². The van der Waals surface area contributed by atoms with Gasteiger partial charge < -0.3 is 10.0 Å². The predicted molar refractivity (Wildman–Crippen MR) is 62.4 cm³/mol. The molecule has 0 spiro atoms. The first-order chi connectivity index (χ1) is 7.50. The Morgan fingerprint density at radius 2 is 2.06 bits per heavy atom. The number of pyridine rings is 1. The Morgan fingerprint density at radius 1 is 1.38 bits per heavy atom. The molecule has 2 aromatic heterocycles. The van der Waals surface area contributed by atoms with Gasteiger partial charge in [-0.1, -0.05) is 13.8 Å². The molecule has 2 aromatic rings. The zero-order valence-electron chi connectivity index (χ0n) is 9.55. The Kier molecular flexibility index (Phi) is 2.69. The Labute approximate surface area is 93.9 Å². The van der Waals surface area contributed by atoms with Crippen molar-refractivity contribution in [1.82, 2.24) is 14.8 Å². The van der Waals surface area contributed by atoms with E-state index in [1.807, 2.05) is 20.9 Å².